The highest BCUT2D eigenvalue weighted by Gasteiger charge is 2.27. The molecule has 23 heavy (non-hydrogen) atoms. The van der Waals surface area contributed by atoms with Crippen molar-refractivity contribution < 1.29 is 4.79 Å². The van der Waals surface area contributed by atoms with E-state index in [-0.39, 0.29) is 5.41 Å². The maximum Gasteiger partial charge on any atom is 0.120 e. The van der Waals surface area contributed by atoms with Gasteiger partial charge in [0, 0.05) is 6.42 Å². The molecule has 0 aliphatic heterocycles. The van der Waals surface area contributed by atoms with E-state index in [9.17, 15) is 4.79 Å². The Hall–Kier alpha value is -1.37. The fourth-order valence-electron chi connectivity index (χ4n) is 3.34. The molecule has 1 aromatic rings. The van der Waals surface area contributed by atoms with Crippen LogP contribution in [0.5, 0.6) is 0 Å². The molecule has 0 heterocycles. The zero-order chi connectivity index (χ0) is 17.3. The lowest BCUT2D eigenvalue weighted by atomic mass is 9.73. The van der Waals surface area contributed by atoms with Gasteiger partial charge in [0.15, 0.2) is 0 Å². The van der Waals surface area contributed by atoms with Crippen LogP contribution in [0.2, 0.25) is 0 Å². The third-order valence-corrected chi connectivity index (χ3v) is 4.67. The van der Waals surface area contributed by atoms with E-state index < -0.39 is 0 Å². The highest BCUT2D eigenvalue weighted by molar-refractivity contribution is 5.51. The van der Waals surface area contributed by atoms with Gasteiger partial charge in [0.1, 0.15) is 6.29 Å². The van der Waals surface area contributed by atoms with Crippen molar-refractivity contribution in [3.8, 4) is 0 Å². The minimum absolute atomic E-state index is 0.0326. The van der Waals surface area contributed by atoms with Crippen LogP contribution in [0.1, 0.15) is 76.8 Å². The minimum atomic E-state index is 0.0326. The van der Waals surface area contributed by atoms with Crippen molar-refractivity contribution in [2.24, 2.45) is 11.3 Å². The van der Waals surface area contributed by atoms with E-state index in [0.29, 0.717) is 18.3 Å². The van der Waals surface area contributed by atoms with Crippen molar-refractivity contribution >= 4 is 6.29 Å². The summed E-state index contributed by atoms with van der Waals surface area (Å²) in [6.45, 7) is 11.1. The Bertz CT molecular complexity index is 483. The molecule has 1 rings (SSSR count). The van der Waals surface area contributed by atoms with Crippen molar-refractivity contribution in [1.82, 2.24) is 0 Å². The first-order valence-corrected chi connectivity index (χ1v) is 9.12. The second-order valence-corrected chi connectivity index (χ2v) is 7.49. The molecule has 0 spiro atoms. The standard InChI is InChI=1S/C22H34O/c1-6-7-13-22(15-16-23,17-18(2)3)14-12-20(5)21-10-8-19(4)9-11-21/h8-12,14,16,18,20H,6-7,13,15,17H2,1-5H3/b14-12+/t20-,22+/m0/s1. The Balaban J connectivity index is 2.95. The zero-order valence-electron chi connectivity index (χ0n) is 15.6. The van der Waals surface area contributed by atoms with Gasteiger partial charge in [-0.25, -0.2) is 0 Å². The number of rotatable bonds is 10. The maximum atomic E-state index is 11.3. The summed E-state index contributed by atoms with van der Waals surface area (Å²) in [6, 6.07) is 8.76. The number of allylic oxidation sites excluding steroid dienone is 2. The average Bonchev–Trinajstić information content (AvgIpc) is 2.51. The number of aryl methyl sites for hydroxylation is 1. The smallest absolute Gasteiger partial charge is 0.120 e. The zero-order valence-corrected chi connectivity index (χ0v) is 15.6. The summed E-state index contributed by atoms with van der Waals surface area (Å²) >= 11 is 0. The summed E-state index contributed by atoms with van der Waals surface area (Å²) in [7, 11) is 0. The van der Waals surface area contributed by atoms with Gasteiger partial charge in [0.05, 0.1) is 0 Å². The first-order valence-electron chi connectivity index (χ1n) is 9.12. The molecule has 0 fully saturated rings. The Morgan fingerprint density at radius 1 is 1.13 bits per heavy atom. The molecule has 1 heteroatoms. The van der Waals surface area contributed by atoms with Crippen LogP contribution in [0.15, 0.2) is 36.4 Å². The number of aldehydes is 1. The van der Waals surface area contributed by atoms with Crippen LogP contribution in [0, 0.1) is 18.3 Å². The fourth-order valence-corrected chi connectivity index (χ4v) is 3.34. The van der Waals surface area contributed by atoms with E-state index in [4.69, 9.17) is 0 Å². The lowest BCUT2D eigenvalue weighted by Crippen LogP contribution is -2.21. The number of benzene rings is 1. The monoisotopic (exact) mass is 314 g/mol. The summed E-state index contributed by atoms with van der Waals surface area (Å²) in [6.07, 6.45) is 11.0. The van der Waals surface area contributed by atoms with Gasteiger partial charge in [0.2, 0.25) is 0 Å². The van der Waals surface area contributed by atoms with E-state index in [2.05, 4.69) is 71.0 Å². The molecule has 0 aliphatic rings. The van der Waals surface area contributed by atoms with Crippen LogP contribution in [-0.2, 0) is 4.79 Å². The largest absolute Gasteiger partial charge is 0.303 e. The first kappa shape index (κ1) is 19.7. The number of unbranched alkanes of at least 4 members (excludes halogenated alkanes) is 1. The van der Waals surface area contributed by atoms with Crippen LogP contribution in [-0.4, -0.2) is 6.29 Å². The molecule has 1 aromatic carbocycles. The second-order valence-electron chi connectivity index (χ2n) is 7.49. The van der Waals surface area contributed by atoms with Gasteiger partial charge in [-0.05, 0) is 42.6 Å². The van der Waals surface area contributed by atoms with E-state index >= 15 is 0 Å². The molecule has 0 saturated carbocycles. The quantitative estimate of drug-likeness (QED) is 0.357. The number of carbonyl (C=O) groups is 1. The molecule has 0 bridgehead atoms. The molecule has 0 aromatic heterocycles. The van der Waals surface area contributed by atoms with Crippen molar-refractivity contribution in [2.75, 3.05) is 0 Å². The Kier molecular flexibility index (Phi) is 8.30. The number of hydrogen-bond acceptors (Lipinski definition) is 1. The summed E-state index contributed by atoms with van der Waals surface area (Å²) in [4.78, 5) is 11.3. The van der Waals surface area contributed by atoms with Crippen LogP contribution in [0.3, 0.4) is 0 Å². The molecule has 1 nitrogen and oxygen atoms in total. The van der Waals surface area contributed by atoms with Gasteiger partial charge in [-0.2, -0.15) is 0 Å². The molecular formula is C22H34O. The summed E-state index contributed by atoms with van der Waals surface area (Å²) in [5.41, 5.74) is 2.67. The molecule has 0 radical (unpaired) electrons. The highest BCUT2D eigenvalue weighted by atomic mass is 16.1. The van der Waals surface area contributed by atoms with Crippen LogP contribution in [0.4, 0.5) is 0 Å². The molecule has 0 aliphatic carbocycles. The predicted octanol–water partition coefficient (Wildman–Crippen LogP) is 6.47. The molecular weight excluding hydrogens is 280 g/mol. The van der Waals surface area contributed by atoms with E-state index in [1.165, 1.54) is 24.0 Å². The van der Waals surface area contributed by atoms with Gasteiger partial charge >= 0.3 is 0 Å². The SMILES string of the molecule is CCCC[C@@](/C=C/[C@H](C)c1ccc(C)cc1)(CC=O)CC(C)C. The Morgan fingerprint density at radius 3 is 2.30 bits per heavy atom. The molecule has 128 valence electrons. The van der Waals surface area contributed by atoms with Crippen LogP contribution < -0.4 is 0 Å². The third kappa shape index (κ3) is 6.72. The Morgan fingerprint density at radius 2 is 1.78 bits per heavy atom. The van der Waals surface area contributed by atoms with Crippen LogP contribution >= 0.6 is 0 Å². The predicted molar refractivity (Wildman–Crippen MR) is 101 cm³/mol. The highest BCUT2D eigenvalue weighted by Crippen LogP contribution is 2.38. The number of hydrogen-bond donors (Lipinski definition) is 0. The molecule has 0 unspecified atom stereocenters. The van der Waals surface area contributed by atoms with Crippen molar-refractivity contribution in [3.63, 3.8) is 0 Å². The van der Waals surface area contributed by atoms with Gasteiger partial charge in [0.25, 0.3) is 0 Å². The van der Waals surface area contributed by atoms with Crippen molar-refractivity contribution in [2.45, 2.75) is 72.6 Å². The number of carbonyl (C=O) groups excluding carboxylic acids is 1. The van der Waals surface area contributed by atoms with Gasteiger partial charge in [-0.1, -0.05) is 82.5 Å². The third-order valence-electron chi connectivity index (χ3n) is 4.67. The molecule has 0 N–H and O–H groups in total. The fraction of sp³-hybridized carbons (Fsp3) is 0.591. The Labute approximate surface area is 143 Å². The van der Waals surface area contributed by atoms with E-state index in [1.807, 2.05) is 0 Å². The van der Waals surface area contributed by atoms with Gasteiger partial charge < -0.3 is 4.79 Å². The van der Waals surface area contributed by atoms with Crippen molar-refractivity contribution in [3.05, 3.63) is 47.5 Å². The second kappa shape index (κ2) is 9.70. The molecule has 2 atom stereocenters. The van der Waals surface area contributed by atoms with E-state index in [0.717, 1.165) is 19.1 Å². The summed E-state index contributed by atoms with van der Waals surface area (Å²) < 4.78 is 0. The molecule has 0 saturated heterocycles. The topological polar surface area (TPSA) is 17.1 Å². The van der Waals surface area contributed by atoms with Crippen LogP contribution in [0.25, 0.3) is 0 Å². The summed E-state index contributed by atoms with van der Waals surface area (Å²) in [5, 5.41) is 0. The normalized spacial score (nSPS) is 15.7. The lowest BCUT2D eigenvalue weighted by Gasteiger charge is -2.31. The van der Waals surface area contributed by atoms with Gasteiger partial charge in [-0.3, -0.25) is 0 Å². The molecule has 0 amide bonds. The van der Waals surface area contributed by atoms with E-state index in [1.54, 1.807) is 0 Å². The average molecular weight is 315 g/mol. The van der Waals surface area contributed by atoms with Gasteiger partial charge in [-0.15, -0.1) is 0 Å². The minimum Gasteiger partial charge on any atom is -0.303 e. The lowest BCUT2D eigenvalue weighted by molar-refractivity contribution is -0.109. The summed E-state index contributed by atoms with van der Waals surface area (Å²) in [5.74, 6) is 0.988. The van der Waals surface area contributed by atoms with Crippen molar-refractivity contribution in [1.29, 1.82) is 0 Å². The maximum absolute atomic E-state index is 11.3. The first-order chi connectivity index (χ1) is 10.9.